The molecule has 7 heteroatoms. The van der Waals surface area contributed by atoms with Gasteiger partial charge in [-0.15, -0.1) is 12.4 Å². The SMILES string of the molecule is Cl.O=C(N(Cc1ccc(F)cc1)CC1CC1)C1(n2cccn2)CCNCC1. The number of aromatic nitrogens is 2. The second-order valence-electron chi connectivity index (χ2n) is 7.49. The lowest BCUT2D eigenvalue weighted by Gasteiger charge is -2.40. The van der Waals surface area contributed by atoms with Crippen molar-refractivity contribution in [3.05, 3.63) is 54.1 Å². The van der Waals surface area contributed by atoms with Gasteiger partial charge in [-0.25, -0.2) is 4.39 Å². The number of carbonyl (C=O) groups excluding carboxylic acids is 1. The summed E-state index contributed by atoms with van der Waals surface area (Å²) in [6, 6.07) is 8.34. The number of rotatable bonds is 6. The Morgan fingerprint density at radius 3 is 2.56 bits per heavy atom. The molecule has 1 aliphatic heterocycles. The van der Waals surface area contributed by atoms with Crippen molar-refractivity contribution >= 4 is 18.3 Å². The topological polar surface area (TPSA) is 50.2 Å². The third-order valence-electron chi connectivity index (χ3n) is 5.52. The maximum atomic E-state index is 13.7. The first-order valence-electron chi connectivity index (χ1n) is 9.42. The number of hydrogen-bond acceptors (Lipinski definition) is 3. The largest absolute Gasteiger partial charge is 0.336 e. The minimum atomic E-state index is -0.621. The van der Waals surface area contributed by atoms with Gasteiger partial charge in [-0.1, -0.05) is 12.1 Å². The molecule has 0 bridgehead atoms. The third-order valence-corrected chi connectivity index (χ3v) is 5.52. The van der Waals surface area contributed by atoms with Gasteiger partial charge in [0.15, 0.2) is 0 Å². The minimum Gasteiger partial charge on any atom is -0.336 e. The molecule has 0 atom stereocenters. The van der Waals surface area contributed by atoms with Crippen molar-refractivity contribution in [3.63, 3.8) is 0 Å². The molecule has 1 aliphatic carbocycles. The van der Waals surface area contributed by atoms with Crippen molar-refractivity contribution in [3.8, 4) is 0 Å². The van der Waals surface area contributed by atoms with Crippen molar-refractivity contribution in [2.45, 2.75) is 37.8 Å². The number of nitrogens with one attached hydrogen (secondary N) is 1. The van der Waals surface area contributed by atoms with Gasteiger partial charge in [0.25, 0.3) is 5.91 Å². The van der Waals surface area contributed by atoms with E-state index in [1.54, 1.807) is 18.3 Å². The quantitative estimate of drug-likeness (QED) is 0.822. The van der Waals surface area contributed by atoms with E-state index in [1.807, 2.05) is 21.8 Å². The van der Waals surface area contributed by atoms with Crippen LogP contribution in [0.1, 0.15) is 31.2 Å². The van der Waals surface area contributed by atoms with Crippen molar-refractivity contribution < 1.29 is 9.18 Å². The van der Waals surface area contributed by atoms with Crippen LogP contribution in [0.4, 0.5) is 4.39 Å². The maximum Gasteiger partial charge on any atom is 0.250 e. The van der Waals surface area contributed by atoms with Crippen LogP contribution < -0.4 is 5.32 Å². The summed E-state index contributed by atoms with van der Waals surface area (Å²) in [7, 11) is 0. The summed E-state index contributed by atoms with van der Waals surface area (Å²) in [5.74, 6) is 0.481. The van der Waals surface area contributed by atoms with E-state index < -0.39 is 5.54 Å². The number of hydrogen-bond donors (Lipinski definition) is 1. The van der Waals surface area contributed by atoms with Crippen molar-refractivity contribution in [2.75, 3.05) is 19.6 Å². The highest BCUT2D eigenvalue weighted by Gasteiger charge is 2.45. The van der Waals surface area contributed by atoms with Crippen molar-refractivity contribution in [1.82, 2.24) is 20.0 Å². The Morgan fingerprint density at radius 2 is 1.96 bits per heavy atom. The minimum absolute atomic E-state index is 0. The van der Waals surface area contributed by atoms with Crippen LogP contribution in [0.25, 0.3) is 0 Å². The number of halogens is 2. The number of nitrogens with zero attached hydrogens (tertiary/aromatic N) is 3. The maximum absolute atomic E-state index is 13.7. The zero-order valence-electron chi connectivity index (χ0n) is 15.3. The average molecular weight is 393 g/mol. The average Bonchev–Trinajstić information content (AvgIpc) is 3.31. The highest BCUT2D eigenvalue weighted by molar-refractivity contribution is 5.85. The van der Waals surface area contributed by atoms with Crippen LogP contribution >= 0.6 is 12.4 Å². The van der Waals surface area contributed by atoms with Gasteiger partial charge < -0.3 is 10.2 Å². The molecule has 0 spiro atoms. The first kappa shape index (κ1) is 19.8. The molecule has 2 heterocycles. The van der Waals surface area contributed by atoms with Crippen molar-refractivity contribution in [1.29, 1.82) is 0 Å². The molecular weight excluding hydrogens is 367 g/mol. The van der Waals surface area contributed by atoms with E-state index in [2.05, 4.69) is 10.4 Å². The molecule has 4 rings (SSSR count). The molecule has 5 nitrogen and oxygen atoms in total. The number of benzene rings is 1. The van der Waals surface area contributed by atoms with Crippen LogP contribution in [-0.2, 0) is 16.9 Å². The Balaban J connectivity index is 0.00000210. The van der Waals surface area contributed by atoms with Gasteiger partial charge >= 0.3 is 0 Å². The second kappa shape index (κ2) is 8.40. The highest BCUT2D eigenvalue weighted by Crippen LogP contribution is 2.34. The van der Waals surface area contributed by atoms with E-state index in [4.69, 9.17) is 0 Å². The van der Waals surface area contributed by atoms with Gasteiger partial charge in [0.1, 0.15) is 11.4 Å². The Hall–Kier alpha value is -1.92. The van der Waals surface area contributed by atoms with Gasteiger partial charge in [0.2, 0.25) is 0 Å². The highest BCUT2D eigenvalue weighted by atomic mass is 35.5. The fourth-order valence-corrected chi connectivity index (χ4v) is 3.84. The molecule has 2 aliphatic rings. The summed E-state index contributed by atoms with van der Waals surface area (Å²) in [5.41, 5.74) is 0.342. The van der Waals surface area contributed by atoms with Crippen LogP contribution in [0.5, 0.6) is 0 Å². The number of amides is 1. The monoisotopic (exact) mass is 392 g/mol. The van der Waals surface area contributed by atoms with Gasteiger partial charge in [-0.05, 0) is 68.5 Å². The summed E-state index contributed by atoms with van der Waals surface area (Å²) >= 11 is 0. The Bertz CT molecular complexity index is 740. The molecule has 1 aromatic heterocycles. The van der Waals surface area contributed by atoms with Crippen LogP contribution in [0.15, 0.2) is 42.7 Å². The molecule has 2 aromatic rings. The molecule has 1 aromatic carbocycles. The van der Waals surface area contributed by atoms with Crippen LogP contribution in [0.3, 0.4) is 0 Å². The van der Waals surface area contributed by atoms with Crippen LogP contribution in [-0.4, -0.2) is 40.2 Å². The zero-order valence-corrected chi connectivity index (χ0v) is 16.1. The van der Waals surface area contributed by atoms with Gasteiger partial charge in [0, 0.05) is 25.5 Å². The molecular formula is C20H26ClFN4O. The van der Waals surface area contributed by atoms with E-state index >= 15 is 0 Å². The summed E-state index contributed by atoms with van der Waals surface area (Å²) in [6.07, 6.45) is 7.47. The van der Waals surface area contributed by atoms with E-state index in [0.29, 0.717) is 12.5 Å². The van der Waals surface area contributed by atoms with Crippen LogP contribution in [0, 0.1) is 11.7 Å². The van der Waals surface area contributed by atoms with E-state index in [9.17, 15) is 9.18 Å². The molecule has 1 saturated carbocycles. The lowest BCUT2D eigenvalue weighted by Crippen LogP contribution is -2.55. The molecule has 27 heavy (non-hydrogen) atoms. The molecule has 0 unspecified atom stereocenters. The van der Waals surface area contributed by atoms with Gasteiger partial charge in [0.05, 0.1) is 0 Å². The predicted octanol–water partition coefficient (Wildman–Crippen LogP) is 2.96. The summed E-state index contributed by atoms with van der Waals surface area (Å²) in [4.78, 5) is 15.7. The zero-order chi connectivity index (χ0) is 18.0. The second-order valence-corrected chi connectivity index (χ2v) is 7.49. The molecule has 1 saturated heterocycles. The summed E-state index contributed by atoms with van der Waals surface area (Å²) in [6.45, 7) is 2.90. The first-order valence-corrected chi connectivity index (χ1v) is 9.42. The molecule has 1 N–H and O–H groups in total. The predicted molar refractivity (Wildman–Crippen MR) is 104 cm³/mol. The first-order chi connectivity index (χ1) is 12.7. The van der Waals surface area contributed by atoms with E-state index in [0.717, 1.165) is 38.0 Å². The Labute approximate surface area is 165 Å². The molecule has 146 valence electrons. The number of carbonyl (C=O) groups is 1. The van der Waals surface area contributed by atoms with Crippen molar-refractivity contribution in [2.24, 2.45) is 5.92 Å². The standard InChI is InChI=1S/C20H25FN4O.ClH/c21-18-6-4-17(5-7-18)15-24(14-16-2-3-16)19(26)20(8-11-22-12-9-20)25-13-1-10-23-25;/h1,4-7,10,13,16,22H,2-3,8-9,11-12,14-15H2;1H. The normalized spacial score (nSPS) is 18.6. The third kappa shape index (κ3) is 4.33. The number of piperidine rings is 1. The Kier molecular flexibility index (Phi) is 6.17. The lowest BCUT2D eigenvalue weighted by molar-refractivity contribution is -0.144. The van der Waals surface area contributed by atoms with E-state index in [-0.39, 0.29) is 24.1 Å². The molecule has 2 fully saturated rings. The van der Waals surface area contributed by atoms with E-state index in [1.165, 1.54) is 25.0 Å². The van der Waals surface area contributed by atoms with Gasteiger partial charge in [-0.2, -0.15) is 5.10 Å². The molecule has 0 radical (unpaired) electrons. The van der Waals surface area contributed by atoms with Crippen LogP contribution in [0.2, 0.25) is 0 Å². The summed E-state index contributed by atoms with van der Waals surface area (Å²) in [5, 5.41) is 7.77. The smallest absolute Gasteiger partial charge is 0.250 e. The fourth-order valence-electron chi connectivity index (χ4n) is 3.84. The Morgan fingerprint density at radius 1 is 1.26 bits per heavy atom. The lowest BCUT2D eigenvalue weighted by atomic mass is 9.86. The fraction of sp³-hybridized carbons (Fsp3) is 0.500. The molecule has 1 amide bonds. The van der Waals surface area contributed by atoms with Gasteiger partial charge in [-0.3, -0.25) is 9.48 Å². The summed E-state index contributed by atoms with van der Waals surface area (Å²) < 4.78 is 15.1.